The standard InChI is InChI=1S/C16H14N4O/c21-16(18-10-13-6-8-17-9-7-13)14-11-19-20(12-14)15-4-2-1-3-5-15/h1-9,11-12H,10H2,(H,18,21). The molecular weight excluding hydrogens is 264 g/mol. The maximum Gasteiger partial charge on any atom is 0.254 e. The van der Waals surface area contributed by atoms with E-state index < -0.39 is 0 Å². The lowest BCUT2D eigenvalue weighted by atomic mass is 10.2. The number of nitrogens with zero attached hydrogens (tertiary/aromatic N) is 3. The van der Waals surface area contributed by atoms with E-state index >= 15 is 0 Å². The fourth-order valence-electron chi connectivity index (χ4n) is 1.95. The van der Waals surface area contributed by atoms with Gasteiger partial charge in [-0.15, -0.1) is 0 Å². The van der Waals surface area contributed by atoms with E-state index in [0.29, 0.717) is 12.1 Å². The highest BCUT2D eigenvalue weighted by Gasteiger charge is 2.08. The van der Waals surface area contributed by atoms with E-state index in [0.717, 1.165) is 11.3 Å². The fraction of sp³-hybridized carbons (Fsp3) is 0.0625. The van der Waals surface area contributed by atoms with Crippen LogP contribution in [0.3, 0.4) is 0 Å². The Morgan fingerprint density at radius 3 is 2.62 bits per heavy atom. The van der Waals surface area contributed by atoms with Crippen molar-refractivity contribution in [3.05, 3.63) is 78.4 Å². The predicted molar refractivity (Wildman–Crippen MR) is 79.0 cm³/mol. The number of para-hydroxylation sites is 1. The molecule has 3 rings (SSSR count). The highest BCUT2D eigenvalue weighted by Crippen LogP contribution is 2.07. The van der Waals surface area contributed by atoms with Gasteiger partial charge in [0.15, 0.2) is 0 Å². The first-order chi connectivity index (χ1) is 10.3. The van der Waals surface area contributed by atoms with E-state index in [-0.39, 0.29) is 5.91 Å². The van der Waals surface area contributed by atoms with E-state index in [4.69, 9.17) is 0 Å². The number of benzene rings is 1. The topological polar surface area (TPSA) is 59.8 Å². The average molecular weight is 278 g/mol. The molecule has 104 valence electrons. The van der Waals surface area contributed by atoms with Gasteiger partial charge >= 0.3 is 0 Å². The van der Waals surface area contributed by atoms with Crippen molar-refractivity contribution in [2.75, 3.05) is 0 Å². The molecule has 0 spiro atoms. The number of carbonyl (C=O) groups excluding carboxylic acids is 1. The molecule has 0 aliphatic heterocycles. The Kier molecular flexibility index (Phi) is 3.73. The Morgan fingerprint density at radius 1 is 1.10 bits per heavy atom. The molecule has 0 unspecified atom stereocenters. The second-order valence-electron chi connectivity index (χ2n) is 4.55. The number of hydrogen-bond acceptors (Lipinski definition) is 3. The van der Waals surface area contributed by atoms with Crippen LogP contribution in [0, 0.1) is 0 Å². The molecule has 5 nitrogen and oxygen atoms in total. The molecule has 3 aromatic rings. The Hall–Kier alpha value is -2.95. The molecule has 1 amide bonds. The highest BCUT2D eigenvalue weighted by molar-refractivity contribution is 5.93. The summed E-state index contributed by atoms with van der Waals surface area (Å²) in [7, 11) is 0. The van der Waals surface area contributed by atoms with Crippen LogP contribution >= 0.6 is 0 Å². The van der Waals surface area contributed by atoms with Crippen molar-refractivity contribution >= 4 is 5.91 Å². The monoisotopic (exact) mass is 278 g/mol. The van der Waals surface area contributed by atoms with Gasteiger partial charge in [-0.05, 0) is 29.8 Å². The summed E-state index contributed by atoms with van der Waals surface area (Å²) < 4.78 is 1.68. The predicted octanol–water partition coefficient (Wildman–Crippen LogP) is 2.20. The van der Waals surface area contributed by atoms with Crippen molar-refractivity contribution in [1.29, 1.82) is 0 Å². The van der Waals surface area contributed by atoms with Crippen LogP contribution in [-0.2, 0) is 6.54 Å². The first-order valence-corrected chi connectivity index (χ1v) is 6.60. The number of rotatable bonds is 4. The van der Waals surface area contributed by atoms with E-state index in [1.165, 1.54) is 0 Å². The van der Waals surface area contributed by atoms with Gasteiger partial charge in [-0.2, -0.15) is 5.10 Å². The third-order valence-electron chi connectivity index (χ3n) is 3.07. The third-order valence-corrected chi connectivity index (χ3v) is 3.07. The molecule has 0 atom stereocenters. The lowest BCUT2D eigenvalue weighted by Crippen LogP contribution is -2.22. The van der Waals surface area contributed by atoms with Gasteiger partial charge in [0.05, 0.1) is 17.4 Å². The molecule has 2 heterocycles. The van der Waals surface area contributed by atoms with Gasteiger partial charge < -0.3 is 5.32 Å². The summed E-state index contributed by atoms with van der Waals surface area (Å²) in [6.07, 6.45) is 6.69. The van der Waals surface area contributed by atoms with Gasteiger partial charge in [0.25, 0.3) is 5.91 Å². The maximum absolute atomic E-state index is 12.1. The van der Waals surface area contributed by atoms with E-state index in [1.54, 1.807) is 29.5 Å². The molecule has 2 aromatic heterocycles. The zero-order chi connectivity index (χ0) is 14.5. The van der Waals surface area contributed by atoms with Crippen molar-refractivity contribution < 1.29 is 4.79 Å². The first-order valence-electron chi connectivity index (χ1n) is 6.60. The van der Waals surface area contributed by atoms with Crippen LogP contribution in [0.2, 0.25) is 0 Å². The Bertz CT molecular complexity index is 722. The van der Waals surface area contributed by atoms with Crippen LogP contribution < -0.4 is 5.32 Å². The summed E-state index contributed by atoms with van der Waals surface area (Å²) >= 11 is 0. The van der Waals surface area contributed by atoms with Crippen molar-refractivity contribution in [3.63, 3.8) is 0 Å². The normalized spacial score (nSPS) is 10.3. The number of carbonyl (C=O) groups is 1. The van der Waals surface area contributed by atoms with E-state index in [2.05, 4.69) is 15.4 Å². The smallest absolute Gasteiger partial charge is 0.254 e. The maximum atomic E-state index is 12.1. The van der Waals surface area contributed by atoms with Crippen molar-refractivity contribution in [2.24, 2.45) is 0 Å². The first kappa shape index (κ1) is 13.1. The number of amides is 1. The van der Waals surface area contributed by atoms with Gasteiger partial charge in [-0.3, -0.25) is 9.78 Å². The average Bonchev–Trinajstić information content (AvgIpc) is 3.04. The molecule has 1 N–H and O–H groups in total. The number of hydrogen-bond donors (Lipinski definition) is 1. The quantitative estimate of drug-likeness (QED) is 0.796. The lowest BCUT2D eigenvalue weighted by Gasteiger charge is -2.03. The van der Waals surface area contributed by atoms with Gasteiger partial charge in [-0.1, -0.05) is 18.2 Å². The lowest BCUT2D eigenvalue weighted by molar-refractivity contribution is 0.0951. The molecule has 21 heavy (non-hydrogen) atoms. The Balaban J connectivity index is 1.67. The molecule has 0 saturated heterocycles. The molecule has 0 aliphatic carbocycles. The largest absolute Gasteiger partial charge is 0.348 e. The van der Waals surface area contributed by atoms with Gasteiger partial charge in [0, 0.05) is 25.1 Å². The van der Waals surface area contributed by atoms with Crippen LogP contribution in [-0.4, -0.2) is 20.7 Å². The van der Waals surface area contributed by atoms with Crippen LogP contribution in [0.4, 0.5) is 0 Å². The molecule has 0 saturated carbocycles. The molecule has 0 bridgehead atoms. The fourth-order valence-corrected chi connectivity index (χ4v) is 1.95. The molecule has 0 aliphatic rings. The van der Waals surface area contributed by atoms with E-state index in [1.807, 2.05) is 42.5 Å². The van der Waals surface area contributed by atoms with Gasteiger partial charge in [-0.25, -0.2) is 4.68 Å². The second-order valence-corrected chi connectivity index (χ2v) is 4.55. The zero-order valence-corrected chi connectivity index (χ0v) is 11.3. The minimum atomic E-state index is -0.144. The molecule has 1 aromatic carbocycles. The molecule has 0 radical (unpaired) electrons. The second kappa shape index (κ2) is 6.00. The van der Waals surface area contributed by atoms with Crippen LogP contribution in [0.5, 0.6) is 0 Å². The van der Waals surface area contributed by atoms with Crippen molar-refractivity contribution in [1.82, 2.24) is 20.1 Å². The Morgan fingerprint density at radius 2 is 1.86 bits per heavy atom. The number of aromatic nitrogens is 3. The summed E-state index contributed by atoms with van der Waals surface area (Å²) in [5.74, 6) is -0.144. The SMILES string of the molecule is O=C(NCc1ccncc1)c1cnn(-c2ccccc2)c1. The van der Waals surface area contributed by atoms with Gasteiger partial charge in [0.1, 0.15) is 0 Å². The summed E-state index contributed by atoms with van der Waals surface area (Å²) in [6.45, 7) is 0.470. The molecule has 5 heteroatoms. The number of nitrogens with one attached hydrogen (secondary N) is 1. The third kappa shape index (κ3) is 3.14. The zero-order valence-electron chi connectivity index (χ0n) is 11.3. The number of pyridine rings is 1. The molecular formula is C16H14N4O. The molecule has 0 fully saturated rings. The summed E-state index contributed by atoms with van der Waals surface area (Å²) in [5.41, 5.74) is 2.47. The summed E-state index contributed by atoms with van der Waals surface area (Å²) in [5, 5.41) is 7.07. The van der Waals surface area contributed by atoms with Crippen molar-refractivity contribution in [3.8, 4) is 5.69 Å². The highest BCUT2D eigenvalue weighted by atomic mass is 16.1. The minimum absolute atomic E-state index is 0.144. The minimum Gasteiger partial charge on any atom is -0.348 e. The van der Waals surface area contributed by atoms with Crippen LogP contribution in [0.25, 0.3) is 5.69 Å². The van der Waals surface area contributed by atoms with Crippen LogP contribution in [0.15, 0.2) is 67.3 Å². The van der Waals surface area contributed by atoms with Crippen molar-refractivity contribution in [2.45, 2.75) is 6.54 Å². The van der Waals surface area contributed by atoms with Crippen LogP contribution in [0.1, 0.15) is 15.9 Å². The summed E-state index contributed by atoms with van der Waals surface area (Å²) in [4.78, 5) is 16.0. The van der Waals surface area contributed by atoms with Gasteiger partial charge in [0.2, 0.25) is 0 Å². The van der Waals surface area contributed by atoms with E-state index in [9.17, 15) is 4.79 Å². The summed E-state index contributed by atoms with van der Waals surface area (Å²) in [6, 6.07) is 13.4. The Labute approximate surface area is 122 Å².